The highest BCUT2D eigenvalue weighted by atomic mass is 79.9. The van der Waals surface area contributed by atoms with E-state index in [0.29, 0.717) is 16.4 Å². The number of hydrogen-bond donors (Lipinski definition) is 2. The van der Waals surface area contributed by atoms with Crippen LogP contribution in [0.2, 0.25) is 10.0 Å². The van der Waals surface area contributed by atoms with Crippen LogP contribution in [0.5, 0.6) is 0 Å². The van der Waals surface area contributed by atoms with Crippen LogP contribution in [0.1, 0.15) is 25.3 Å². The molecule has 0 radical (unpaired) electrons. The molecule has 0 bridgehead atoms. The summed E-state index contributed by atoms with van der Waals surface area (Å²) in [5, 5.41) is 5.82. The lowest BCUT2D eigenvalue weighted by Crippen LogP contribution is -2.22. The fraction of sp³-hybridized carbons (Fsp3) is 0.250. The summed E-state index contributed by atoms with van der Waals surface area (Å²) >= 11 is 15.3. The molecule has 2 N–H and O–H groups in total. The van der Waals surface area contributed by atoms with Crippen molar-refractivity contribution in [1.29, 1.82) is 0 Å². The van der Waals surface area contributed by atoms with Gasteiger partial charge < -0.3 is 15.4 Å². The van der Waals surface area contributed by atoms with Crippen molar-refractivity contribution in [2.24, 2.45) is 0 Å². The molecular formula is C20H19BrCl2N2O4. The molecule has 0 spiro atoms. The van der Waals surface area contributed by atoms with Crippen molar-refractivity contribution in [2.75, 3.05) is 17.2 Å². The average molecular weight is 502 g/mol. The molecule has 2 amide bonds. The molecule has 0 aromatic heterocycles. The van der Waals surface area contributed by atoms with Gasteiger partial charge in [0.2, 0.25) is 5.91 Å². The Balaban J connectivity index is 1.76. The van der Waals surface area contributed by atoms with E-state index in [1.165, 1.54) is 0 Å². The number of aryl methyl sites for hydroxylation is 1. The van der Waals surface area contributed by atoms with Crippen molar-refractivity contribution in [2.45, 2.75) is 26.2 Å². The van der Waals surface area contributed by atoms with Crippen LogP contribution in [-0.2, 0) is 25.5 Å². The van der Waals surface area contributed by atoms with Gasteiger partial charge in [0, 0.05) is 16.6 Å². The van der Waals surface area contributed by atoms with E-state index >= 15 is 0 Å². The molecule has 0 heterocycles. The van der Waals surface area contributed by atoms with E-state index in [1.807, 2.05) is 19.1 Å². The molecule has 2 rings (SSSR count). The number of hydrogen-bond acceptors (Lipinski definition) is 4. The van der Waals surface area contributed by atoms with Crippen molar-refractivity contribution >= 4 is 68.3 Å². The largest absolute Gasteiger partial charge is 0.456 e. The zero-order valence-electron chi connectivity index (χ0n) is 15.6. The fourth-order valence-corrected chi connectivity index (χ4v) is 3.17. The standard InChI is InChI=1S/C20H19BrCl2N2O4/c1-2-12-10-13(21)6-7-15(12)24-18(27)11-29-19(28)9-8-17(26)25-16-5-3-4-14(22)20(16)23/h3-7,10H,2,8-9,11H2,1H3,(H,24,27)(H,25,26). The summed E-state index contributed by atoms with van der Waals surface area (Å²) in [5.74, 6) is -1.53. The number of esters is 1. The van der Waals surface area contributed by atoms with Gasteiger partial charge in [-0.25, -0.2) is 0 Å². The average Bonchev–Trinajstić information content (AvgIpc) is 2.69. The molecule has 0 aliphatic carbocycles. The van der Waals surface area contributed by atoms with Gasteiger partial charge in [-0.2, -0.15) is 0 Å². The summed E-state index contributed by atoms with van der Waals surface area (Å²) in [6.45, 7) is 1.54. The van der Waals surface area contributed by atoms with E-state index in [1.54, 1.807) is 24.3 Å². The maximum atomic E-state index is 12.0. The first-order valence-electron chi connectivity index (χ1n) is 8.78. The molecule has 2 aromatic carbocycles. The van der Waals surface area contributed by atoms with Gasteiger partial charge in [0.05, 0.1) is 22.2 Å². The van der Waals surface area contributed by atoms with E-state index in [9.17, 15) is 14.4 Å². The molecular weight excluding hydrogens is 483 g/mol. The third-order valence-electron chi connectivity index (χ3n) is 3.87. The predicted molar refractivity (Wildman–Crippen MR) is 117 cm³/mol. The maximum Gasteiger partial charge on any atom is 0.306 e. The molecule has 0 aliphatic heterocycles. The molecule has 0 fully saturated rings. The van der Waals surface area contributed by atoms with Gasteiger partial charge in [-0.3, -0.25) is 14.4 Å². The van der Waals surface area contributed by atoms with Crippen LogP contribution < -0.4 is 10.6 Å². The lowest BCUT2D eigenvalue weighted by molar-refractivity contribution is -0.147. The quantitative estimate of drug-likeness (QED) is 0.485. The topological polar surface area (TPSA) is 84.5 Å². The van der Waals surface area contributed by atoms with E-state index in [2.05, 4.69) is 26.6 Å². The summed E-state index contributed by atoms with van der Waals surface area (Å²) in [5.41, 5.74) is 1.98. The van der Waals surface area contributed by atoms with Crippen LogP contribution in [0.25, 0.3) is 0 Å². The van der Waals surface area contributed by atoms with Crippen molar-refractivity contribution in [3.63, 3.8) is 0 Å². The second-order valence-corrected chi connectivity index (χ2v) is 7.71. The number of rotatable bonds is 8. The van der Waals surface area contributed by atoms with Crippen LogP contribution in [0, 0.1) is 0 Å². The Morgan fingerprint density at radius 1 is 1.00 bits per heavy atom. The highest BCUT2D eigenvalue weighted by Crippen LogP contribution is 2.29. The Morgan fingerprint density at radius 2 is 1.72 bits per heavy atom. The number of benzene rings is 2. The number of carbonyl (C=O) groups excluding carboxylic acids is 3. The highest BCUT2D eigenvalue weighted by Gasteiger charge is 2.13. The number of halogens is 3. The van der Waals surface area contributed by atoms with E-state index in [4.69, 9.17) is 27.9 Å². The first-order chi connectivity index (χ1) is 13.8. The number of amides is 2. The van der Waals surface area contributed by atoms with Gasteiger partial charge in [-0.15, -0.1) is 0 Å². The molecule has 154 valence electrons. The lowest BCUT2D eigenvalue weighted by Gasteiger charge is -2.11. The van der Waals surface area contributed by atoms with Gasteiger partial charge in [0.15, 0.2) is 6.61 Å². The first-order valence-corrected chi connectivity index (χ1v) is 10.3. The number of ether oxygens (including phenoxy) is 1. The summed E-state index contributed by atoms with van der Waals surface area (Å²) in [7, 11) is 0. The second-order valence-electron chi connectivity index (χ2n) is 6.01. The summed E-state index contributed by atoms with van der Waals surface area (Å²) in [4.78, 5) is 35.8. The molecule has 9 heteroatoms. The van der Waals surface area contributed by atoms with E-state index in [-0.39, 0.29) is 17.9 Å². The minimum atomic E-state index is -0.654. The Kier molecular flexibility index (Phi) is 8.95. The molecule has 0 saturated heterocycles. The third-order valence-corrected chi connectivity index (χ3v) is 5.18. The smallest absolute Gasteiger partial charge is 0.306 e. The monoisotopic (exact) mass is 500 g/mol. The van der Waals surface area contributed by atoms with Crippen molar-refractivity contribution in [3.8, 4) is 0 Å². The Morgan fingerprint density at radius 3 is 2.45 bits per heavy atom. The molecule has 0 aliphatic rings. The van der Waals surface area contributed by atoms with Crippen molar-refractivity contribution in [3.05, 3.63) is 56.5 Å². The Labute approximate surface area is 187 Å². The van der Waals surface area contributed by atoms with Gasteiger partial charge in [-0.05, 0) is 42.3 Å². The fourth-order valence-electron chi connectivity index (χ4n) is 2.41. The molecule has 0 saturated carbocycles. The number of nitrogens with one attached hydrogen (secondary N) is 2. The van der Waals surface area contributed by atoms with Gasteiger partial charge >= 0.3 is 5.97 Å². The predicted octanol–water partition coefficient (Wildman–Crippen LogP) is 5.22. The Hall–Kier alpha value is -2.09. The number of carbonyl (C=O) groups is 3. The van der Waals surface area contributed by atoms with E-state index in [0.717, 1.165) is 16.5 Å². The molecule has 2 aromatic rings. The second kappa shape index (κ2) is 11.2. The van der Waals surface area contributed by atoms with Crippen LogP contribution in [-0.4, -0.2) is 24.4 Å². The lowest BCUT2D eigenvalue weighted by atomic mass is 10.1. The zero-order chi connectivity index (χ0) is 21.4. The van der Waals surface area contributed by atoms with Gasteiger partial charge in [0.1, 0.15) is 0 Å². The minimum Gasteiger partial charge on any atom is -0.456 e. The first kappa shape index (κ1) is 23.2. The molecule has 6 nitrogen and oxygen atoms in total. The summed E-state index contributed by atoms with van der Waals surface area (Å²) in [6, 6.07) is 10.3. The van der Waals surface area contributed by atoms with Gasteiger partial charge in [-0.1, -0.05) is 52.1 Å². The van der Waals surface area contributed by atoms with Crippen molar-refractivity contribution < 1.29 is 19.1 Å². The minimum absolute atomic E-state index is 0.115. The third kappa shape index (κ3) is 7.34. The number of anilines is 2. The van der Waals surface area contributed by atoms with Crippen LogP contribution in [0.15, 0.2) is 40.9 Å². The zero-order valence-corrected chi connectivity index (χ0v) is 18.7. The maximum absolute atomic E-state index is 12.0. The van der Waals surface area contributed by atoms with Crippen molar-refractivity contribution in [1.82, 2.24) is 0 Å². The Bertz CT molecular complexity index is 921. The highest BCUT2D eigenvalue weighted by molar-refractivity contribution is 9.10. The normalized spacial score (nSPS) is 10.3. The van der Waals surface area contributed by atoms with Crippen LogP contribution in [0.3, 0.4) is 0 Å². The SMILES string of the molecule is CCc1cc(Br)ccc1NC(=O)COC(=O)CCC(=O)Nc1cccc(Cl)c1Cl. The molecule has 0 atom stereocenters. The van der Waals surface area contributed by atoms with Crippen LogP contribution >= 0.6 is 39.1 Å². The summed E-state index contributed by atoms with van der Waals surface area (Å²) < 4.78 is 5.84. The van der Waals surface area contributed by atoms with E-state index < -0.39 is 24.4 Å². The molecule has 29 heavy (non-hydrogen) atoms. The summed E-state index contributed by atoms with van der Waals surface area (Å²) in [6.07, 6.45) is 0.451. The molecule has 0 unspecified atom stereocenters. The van der Waals surface area contributed by atoms with Crippen LogP contribution in [0.4, 0.5) is 11.4 Å². The van der Waals surface area contributed by atoms with Gasteiger partial charge in [0.25, 0.3) is 5.91 Å².